The molecule has 2 atom stereocenters. The van der Waals surface area contributed by atoms with Gasteiger partial charge in [0.25, 0.3) is 0 Å². The molecule has 2 N–H and O–H groups in total. The summed E-state index contributed by atoms with van der Waals surface area (Å²) in [5.41, 5.74) is 0. The van der Waals surface area contributed by atoms with Crippen LogP contribution in [0.4, 0.5) is 0 Å². The summed E-state index contributed by atoms with van der Waals surface area (Å²) in [6.45, 7) is 0. The van der Waals surface area contributed by atoms with Gasteiger partial charge in [-0.1, -0.05) is 12.2 Å². The summed E-state index contributed by atoms with van der Waals surface area (Å²) < 4.78 is -1.27. The SMILES string of the molecule is O=C(O)C1CC=CCC1(SCCCl)C(=O)O. The fourth-order valence-electron chi connectivity index (χ4n) is 1.80. The second kappa shape index (κ2) is 5.59. The van der Waals surface area contributed by atoms with Crippen molar-refractivity contribution in [2.45, 2.75) is 17.6 Å². The lowest BCUT2D eigenvalue weighted by molar-refractivity contribution is -0.151. The Morgan fingerprint density at radius 1 is 1.44 bits per heavy atom. The first-order chi connectivity index (χ1) is 7.54. The summed E-state index contributed by atoms with van der Waals surface area (Å²) in [5, 5.41) is 18.4. The van der Waals surface area contributed by atoms with Gasteiger partial charge in [-0.15, -0.1) is 23.4 Å². The summed E-state index contributed by atoms with van der Waals surface area (Å²) in [6.07, 6.45) is 3.95. The molecule has 2 unspecified atom stereocenters. The van der Waals surface area contributed by atoms with Gasteiger partial charge in [-0.05, 0) is 12.8 Å². The van der Waals surface area contributed by atoms with Crippen LogP contribution in [0.15, 0.2) is 12.2 Å². The molecule has 4 nitrogen and oxygen atoms in total. The van der Waals surface area contributed by atoms with Crippen LogP contribution in [0.1, 0.15) is 12.8 Å². The molecule has 90 valence electrons. The van der Waals surface area contributed by atoms with Crippen LogP contribution in [-0.2, 0) is 9.59 Å². The molecule has 0 aromatic carbocycles. The zero-order valence-corrected chi connectivity index (χ0v) is 10.1. The van der Waals surface area contributed by atoms with Crippen molar-refractivity contribution < 1.29 is 19.8 Å². The number of hydrogen-bond donors (Lipinski definition) is 2. The summed E-state index contributed by atoms with van der Waals surface area (Å²) in [4.78, 5) is 22.4. The molecule has 0 radical (unpaired) electrons. The maximum absolute atomic E-state index is 11.3. The van der Waals surface area contributed by atoms with E-state index in [1.807, 2.05) is 0 Å². The molecule has 6 heteroatoms. The highest BCUT2D eigenvalue weighted by atomic mass is 35.5. The minimum Gasteiger partial charge on any atom is -0.481 e. The Hall–Kier alpha value is -0.680. The normalized spacial score (nSPS) is 28.9. The molecule has 0 aromatic heterocycles. The van der Waals surface area contributed by atoms with Crippen molar-refractivity contribution in [3.8, 4) is 0 Å². The summed E-state index contributed by atoms with van der Waals surface area (Å²) >= 11 is 6.66. The quantitative estimate of drug-likeness (QED) is 0.585. The van der Waals surface area contributed by atoms with E-state index in [0.29, 0.717) is 11.6 Å². The summed E-state index contributed by atoms with van der Waals surface area (Å²) in [7, 11) is 0. The van der Waals surface area contributed by atoms with Gasteiger partial charge in [0.1, 0.15) is 4.75 Å². The highest BCUT2D eigenvalue weighted by molar-refractivity contribution is 8.01. The molecule has 1 aliphatic carbocycles. The maximum Gasteiger partial charge on any atom is 0.320 e. The zero-order valence-electron chi connectivity index (χ0n) is 8.56. The largest absolute Gasteiger partial charge is 0.481 e. The molecule has 0 fully saturated rings. The minimum atomic E-state index is -1.27. The van der Waals surface area contributed by atoms with Gasteiger partial charge in [-0.2, -0.15) is 0 Å². The number of thioether (sulfide) groups is 1. The molecule has 16 heavy (non-hydrogen) atoms. The van der Waals surface area contributed by atoms with Gasteiger partial charge in [0, 0.05) is 11.6 Å². The lowest BCUT2D eigenvalue weighted by Gasteiger charge is -2.35. The predicted octanol–water partition coefficient (Wildman–Crippen LogP) is 1.83. The molecular formula is C10H13ClO4S. The second-order valence-corrected chi connectivity index (χ2v) is 5.34. The topological polar surface area (TPSA) is 74.6 Å². The molecule has 0 bridgehead atoms. The summed E-state index contributed by atoms with van der Waals surface area (Å²) in [6, 6.07) is 0. The van der Waals surface area contributed by atoms with Gasteiger partial charge in [-0.3, -0.25) is 9.59 Å². The lowest BCUT2D eigenvalue weighted by Crippen LogP contribution is -2.47. The van der Waals surface area contributed by atoms with Crippen LogP contribution in [-0.4, -0.2) is 38.5 Å². The van der Waals surface area contributed by atoms with Crippen LogP contribution < -0.4 is 0 Å². The molecule has 1 rings (SSSR count). The number of carbonyl (C=O) groups is 2. The molecular weight excluding hydrogens is 252 g/mol. The average molecular weight is 265 g/mol. The van der Waals surface area contributed by atoms with Crippen LogP contribution >= 0.6 is 23.4 Å². The van der Waals surface area contributed by atoms with Crippen molar-refractivity contribution in [2.75, 3.05) is 11.6 Å². The van der Waals surface area contributed by atoms with E-state index < -0.39 is 22.6 Å². The van der Waals surface area contributed by atoms with Crippen LogP contribution in [0.25, 0.3) is 0 Å². The first-order valence-corrected chi connectivity index (χ1v) is 6.37. The number of carboxylic acids is 2. The van der Waals surface area contributed by atoms with Crippen molar-refractivity contribution in [1.29, 1.82) is 0 Å². The fourth-order valence-corrected chi connectivity index (χ4v) is 3.21. The van der Waals surface area contributed by atoms with Gasteiger partial charge in [-0.25, -0.2) is 0 Å². The highest BCUT2D eigenvalue weighted by Gasteiger charge is 2.50. The fraction of sp³-hybridized carbons (Fsp3) is 0.600. The Balaban J connectivity index is 2.99. The number of rotatable bonds is 5. The van der Waals surface area contributed by atoms with Gasteiger partial charge in [0.2, 0.25) is 0 Å². The van der Waals surface area contributed by atoms with E-state index >= 15 is 0 Å². The van der Waals surface area contributed by atoms with Gasteiger partial charge in [0.05, 0.1) is 5.92 Å². The van der Waals surface area contributed by atoms with Crippen LogP contribution in [0.3, 0.4) is 0 Å². The molecule has 1 aliphatic rings. The number of carboxylic acid groups (broad SMARTS) is 2. The smallest absolute Gasteiger partial charge is 0.320 e. The van der Waals surface area contributed by atoms with E-state index in [4.69, 9.17) is 16.7 Å². The molecule has 0 aromatic rings. The Bertz CT molecular complexity index is 318. The van der Waals surface area contributed by atoms with E-state index in [1.165, 1.54) is 0 Å². The maximum atomic E-state index is 11.3. The van der Waals surface area contributed by atoms with Crippen molar-refractivity contribution in [1.82, 2.24) is 0 Å². The molecule has 0 aliphatic heterocycles. The molecule has 0 spiro atoms. The van der Waals surface area contributed by atoms with Crippen molar-refractivity contribution in [2.24, 2.45) is 5.92 Å². The average Bonchev–Trinajstić information content (AvgIpc) is 2.26. The number of allylic oxidation sites excluding steroid dienone is 2. The predicted molar refractivity (Wildman–Crippen MR) is 63.0 cm³/mol. The van der Waals surface area contributed by atoms with E-state index in [-0.39, 0.29) is 12.8 Å². The third-order valence-corrected chi connectivity index (χ3v) is 4.58. The summed E-state index contributed by atoms with van der Waals surface area (Å²) in [5.74, 6) is -2.27. The Kier molecular flexibility index (Phi) is 4.68. The first-order valence-electron chi connectivity index (χ1n) is 4.85. The number of halogens is 1. The molecule has 0 saturated heterocycles. The van der Waals surface area contributed by atoms with Crippen LogP contribution in [0.2, 0.25) is 0 Å². The van der Waals surface area contributed by atoms with Crippen molar-refractivity contribution in [3.63, 3.8) is 0 Å². The highest BCUT2D eigenvalue weighted by Crippen LogP contribution is 2.42. The Labute approximate surface area is 103 Å². The van der Waals surface area contributed by atoms with Crippen molar-refractivity contribution >= 4 is 35.3 Å². The monoisotopic (exact) mass is 264 g/mol. The molecule has 0 heterocycles. The number of hydrogen-bond acceptors (Lipinski definition) is 3. The lowest BCUT2D eigenvalue weighted by atomic mass is 9.82. The van der Waals surface area contributed by atoms with Crippen LogP contribution in [0.5, 0.6) is 0 Å². The molecule has 0 amide bonds. The van der Waals surface area contributed by atoms with Crippen LogP contribution in [0, 0.1) is 5.92 Å². The van der Waals surface area contributed by atoms with Gasteiger partial charge < -0.3 is 10.2 Å². The third kappa shape index (κ3) is 2.52. The first kappa shape index (κ1) is 13.4. The Morgan fingerprint density at radius 2 is 2.12 bits per heavy atom. The third-order valence-electron chi connectivity index (χ3n) is 2.62. The van der Waals surface area contributed by atoms with E-state index in [1.54, 1.807) is 12.2 Å². The van der Waals surface area contributed by atoms with E-state index in [9.17, 15) is 14.7 Å². The molecule has 0 saturated carbocycles. The van der Waals surface area contributed by atoms with Crippen molar-refractivity contribution in [3.05, 3.63) is 12.2 Å². The second-order valence-electron chi connectivity index (χ2n) is 3.53. The number of aliphatic carboxylic acids is 2. The van der Waals surface area contributed by atoms with Gasteiger partial charge in [0.15, 0.2) is 0 Å². The number of alkyl halides is 1. The Morgan fingerprint density at radius 3 is 2.62 bits per heavy atom. The standard InChI is InChI=1S/C10H13ClO4S/c11-5-6-16-10(9(14)15)4-2-1-3-7(10)8(12)13/h1-2,7H,3-6H2,(H,12,13)(H,14,15). The van der Waals surface area contributed by atoms with Gasteiger partial charge >= 0.3 is 11.9 Å². The minimum absolute atomic E-state index is 0.237. The van der Waals surface area contributed by atoms with E-state index in [0.717, 1.165) is 11.8 Å². The zero-order chi connectivity index (χ0) is 12.2. The van der Waals surface area contributed by atoms with E-state index in [2.05, 4.69) is 0 Å².